The summed E-state index contributed by atoms with van der Waals surface area (Å²) >= 11 is 11.0. The van der Waals surface area contributed by atoms with Crippen molar-refractivity contribution in [2.45, 2.75) is 19.8 Å². The van der Waals surface area contributed by atoms with Crippen LogP contribution in [-0.4, -0.2) is 26.3 Å². The molecule has 0 amide bonds. The predicted molar refractivity (Wildman–Crippen MR) is 58.4 cm³/mol. The Morgan fingerprint density at radius 1 is 1.46 bits per heavy atom. The van der Waals surface area contributed by atoms with Crippen LogP contribution in [0.3, 0.4) is 0 Å². The third-order valence-corrected chi connectivity index (χ3v) is 2.10. The van der Waals surface area contributed by atoms with Crippen molar-refractivity contribution in [1.82, 2.24) is 5.32 Å². The molecule has 0 aliphatic rings. The molecule has 0 fully saturated rings. The summed E-state index contributed by atoms with van der Waals surface area (Å²) in [4.78, 5) is 0. The summed E-state index contributed by atoms with van der Waals surface area (Å²) in [6.07, 6.45) is 2.30. The third kappa shape index (κ3) is 10.2. The van der Waals surface area contributed by atoms with Crippen LogP contribution in [0.5, 0.6) is 0 Å². The van der Waals surface area contributed by atoms with Crippen molar-refractivity contribution in [1.29, 1.82) is 0 Å². The van der Waals surface area contributed by atoms with Gasteiger partial charge in [-0.2, -0.15) is 0 Å². The van der Waals surface area contributed by atoms with Gasteiger partial charge in [-0.05, 0) is 6.42 Å². The Balaban J connectivity index is 3.00. The zero-order valence-electron chi connectivity index (χ0n) is 7.98. The highest BCUT2D eigenvalue weighted by Crippen LogP contribution is 1.99. The SMILES string of the molecule is CCCCOCCNCC(Cl)=CCl. The fourth-order valence-electron chi connectivity index (χ4n) is 0.739. The topological polar surface area (TPSA) is 21.3 Å². The lowest BCUT2D eigenvalue weighted by atomic mass is 10.4. The molecular weight excluding hydrogens is 209 g/mol. The van der Waals surface area contributed by atoms with Crippen molar-refractivity contribution in [3.63, 3.8) is 0 Å². The number of unbranched alkanes of at least 4 members (excludes halogenated alkanes) is 1. The molecule has 78 valence electrons. The van der Waals surface area contributed by atoms with Gasteiger partial charge in [0.05, 0.1) is 6.61 Å². The smallest absolute Gasteiger partial charge is 0.0591 e. The van der Waals surface area contributed by atoms with Crippen LogP contribution in [0.4, 0.5) is 0 Å². The van der Waals surface area contributed by atoms with Crippen LogP contribution < -0.4 is 5.32 Å². The standard InChI is InChI=1S/C9H17Cl2NO/c1-2-3-5-13-6-4-12-8-9(11)7-10/h7,12H,2-6,8H2,1H3. The van der Waals surface area contributed by atoms with E-state index in [0.29, 0.717) is 11.6 Å². The molecule has 0 rings (SSSR count). The number of halogens is 2. The van der Waals surface area contributed by atoms with Crippen LogP contribution in [-0.2, 0) is 4.74 Å². The first kappa shape index (κ1) is 13.2. The molecule has 0 aliphatic carbocycles. The molecule has 0 spiro atoms. The summed E-state index contributed by atoms with van der Waals surface area (Å²) in [6, 6.07) is 0. The highest BCUT2D eigenvalue weighted by atomic mass is 35.5. The quantitative estimate of drug-likeness (QED) is 0.642. The Morgan fingerprint density at radius 2 is 2.23 bits per heavy atom. The molecule has 0 aromatic heterocycles. The Kier molecular flexibility index (Phi) is 10.5. The first-order chi connectivity index (χ1) is 6.31. The van der Waals surface area contributed by atoms with Gasteiger partial charge in [0.2, 0.25) is 0 Å². The second-order valence-corrected chi connectivity index (χ2v) is 3.40. The number of hydrogen-bond donors (Lipinski definition) is 1. The monoisotopic (exact) mass is 225 g/mol. The summed E-state index contributed by atoms with van der Waals surface area (Å²) in [7, 11) is 0. The second-order valence-electron chi connectivity index (χ2n) is 2.70. The van der Waals surface area contributed by atoms with E-state index in [2.05, 4.69) is 12.2 Å². The second kappa shape index (κ2) is 10.3. The predicted octanol–water partition coefficient (Wildman–Crippen LogP) is 2.71. The van der Waals surface area contributed by atoms with E-state index in [1.165, 1.54) is 12.0 Å². The maximum Gasteiger partial charge on any atom is 0.0591 e. The molecule has 0 aliphatic heterocycles. The molecule has 0 heterocycles. The molecule has 0 saturated carbocycles. The van der Waals surface area contributed by atoms with Crippen molar-refractivity contribution < 1.29 is 4.74 Å². The lowest BCUT2D eigenvalue weighted by Crippen LogP contribution is -2.21. The van der Waals surface area contributed by atoms with Crippen LogP contribution >= 0.6 is 23.2 Å². The van der Waals surface area contributed by atoms with E-state index in [-0.39, 0.29) is 0 Å². The van der Waals surface area contributed by atoms with E-state index < -0.39 is 0 Å². The Bertz CT molecular complexity index is 140. The maximum atomic E-state index is 5.65. The number of hydrogen-bond acceptors (Lipinski definition) is 2. The van der Waals surface area contributed by atoms with Gasteiger partial charge in [-0.25, -0.2) is 0 Å². The van der Waals surface area contributed by atoms with Crippen LogP contribution in [0.1, 0.15) is 19.8 Å². The molecule has 0 bridgehead atoms. The van der Waals surface area contributed by atoms with Gasteiger partial charge >= 0.3 is 0 Å². The molecule has 0 aromatic carbocycles. The van der Waals surface area contributed by atoms with E-state index >= 15 is 0 Å². The van der Waals surface area contributed by atoms with E-state index in [9.17, 15) is 0 Å². The summed E-state index contributed by atoms with van der Waals surface area (Å²) in [5, 5.41) is 3.72. The fourth-order valence-corrected chi connectivity index (χ4v) is 0.911. The van der Waals surface area contributed by atoms with Gasteiger partial charge in [0.25, 0.3) is 0 Å². The molecule has 4 heteroatoms. The summed E-state index contributed by atoms with van der Waals surface area (Å²) in [6.45, 7) is 5.14. The van der Waals surface area contributed by atoms with Gasteiger partial charge in [-0.1, -0.05) is 36.5 Å². The normalized spacial score (nSPS) is 12.1. The lowest BCUT2D eigenvalue weighted by Gasteiger charge is -2.04. The molecule has 0 saturated heterocycles. The summed E-state index contributed by atoms with van der Waals surface area (Å²) < 4.78 is 5.33. The molecule has 0 unspecified atom stereocenters. The molecule has 0 aromatic rings. The van der Waals surface area contributed by atoms with Crippen molar-refractivity contribution in [3.8, 4) is 0 Å². The molecule has 2 nitrogen and oxygen atoms in total. The summed E-state index contributed by atoms with van der Waals surface area (Å²) in [5.74, 6) is 0. The van der Waals surface area contributed by atoms with Gasteiger partial charge in [-0.15, -0.1) is 0 Å². The largest absolute Gasteiger partial charge is 0.380 e. The van der Waals surface area contributed by atoms with Gasteiger partial charge in [0, 0.05) is 30.3 Å². The van der Waals surface area contributed by atoms with E-state index in [4.69, 9.17) is 27.9 Å². The zero-order chi connectivity index (χ0) is 9.94. The molecule has 0 atom stereocenters. The zero-order valence-corrected chi connectivity index (χ0v) is 9.50. The number of ether oxygens (including phenoxy) is 1. The van der Waals surface area contributed by atoms with Gasteiger partial charge in [-0.3, -0.25) is 0 Å². The Hall–Kier alpha value is 0.240. The van der Waals surface area contributed by atoms with Crippen molar-refractivity contribution in [2.75, 3.05) is 26.3 Å². The third-order valence-electron chi connectivity index (χ3n) is 1.48. The minimum atomic E-state index is 0.613. The van der Waals surface area contributed by atoms with Crippen LogP contribution in [0.15, 0.2) is 10.6 Å². The number of rotatable bonds is 8. The van der Waals surface area contributed by atoms with Crippen molar-refractivity contribution in [2.24, 2.45) is 0 Å². The van der Waals surface area contributed by atoms with Crippen molar-refractivity contribution >= 4 is 23.2 Å². The first-order valence-corrected chi connectivity index (χ1v) is 5.36. The lowest BCUT2D eigenvalue weighted by molar-refractivity contribution is 0.133. The Morgan fingerprint density at radius 3 is 2.85 bits per heavy atom. The highest BCUT2D eigenvalue weighted by Gasteiger charge is 1.91. The van der Waals surface area contributed by atoms with Crippen LogP contribution in [0, 0.1) is 0 Å². The van der Waals surface area contributed by atoms with E-state index in [1.807, 2.05) is 0 Å². The fraction of sp³-hybridized carbons (Fsp3) is 0.778. The maximum absolute atomic E-state index is 5.65. The van der Waals surface area contributed by atoms with Gasteiger partial charge in [0.15, 0.2) is 0 Å². The highest BCUT2D eigenvalue weighted by molar-refractivity contribution is 6.36. The van der Waals surface area contributed by atoms with Crippen LogP contribution in [0.25, 0.3) is 0 Å². The minimum Gasteiger partial charge on any atom is -0.380 e. The van der Waals surface area contributed by atoms with Crippen LogP contribution in [0.2, 0.25) is 0 Å². The van der Waals surface area contributed by atoms with Gasteiger partial charge in [0.1, 0.15) is 0 Å². The molecule has 13 heavy (non-hydrogen) atoms. The molecular formula is C9H17Cl2NO. The van der Waals surface area contributed by atoms with E-state index in [1.54, 1.807) is 0 Å². The Labute approximate surface area is 90.2 Å². The first-order valence-electron chi connectivity index (χ1n) is 4.54. The minimum absolute atomic E-state index is 0.613. The average Bonchev–Trinajstić information content (AvgIpc) is 2.16. The molecule has 0 radical (unpaired) electrons. The van der Waals surface area contributed by atoms with Gasteiger partial charge < -0.3 is 10.1 Å². The number of nitrogens with one attached hydrogen (secondary N) is 1. The summed E-state index contributed by atoms with van der Waals surface area (Å²) in [5.41, 5.74) is 1.37. The average molecular weight is 226 g/mol. The van der Waals surface area contributed by atoms with E-state index in [0.717, 1.165) is 26.2 Å². The molecule has 1 N–H and O–H groups in total. The van der Waals surface area contributed by atoms with Crippen molar-refractivity contribution in [3.05, 3.63) is 10.6 Å².